The molecule has 4 nitrogen and oxygen atoms in total. The lowest BCUT2D eigenvalue weighted by Crippen LogP contribution is -2.13. The molecular weight excluding hydrogens is 415 g/mol. The number of rotatable bonds is 3. The summed E-state index contributed by atoms with van der Waals surface area (Å²) in [7, 11) is 0. The van der Waals surface area contributed by atoms with Crippen molar-refractivity contribution in [1.29, 1.82) is 0 Å². The lowest BCUT2D eigenvalue weighted by atomic mass is 9.95. The standard InChI is InChI=1S/C22H19ClF3N3O/c1-13-6-9-15(23)12-18(13)27-21(30)14-7-10-16(11-8-14)29-19-5-3-2-4-17(19)20(28-29)22(24,25)26/h6-12H,2-5H2,1H3,(H,27,30). The number of benzene rings is 2. The van der Waals surface area contributed by atoms with Crippen LogP contribution in [0.4, 0.5) is 18.9 Å². The normalized spacial score (nSPS) is 13.8. The van der Waals surface area contributed by atoms with Crippen LogP contribution in [0.2, 0.25) is 5.02 Å². The van der Waals surface area contributed by atoms with Crippen molar-refractivity contribution in [2.75, 3.05) is 5.32 Å². The van der Waals surface area contributed by atoms with E-state index in [1.54, 1.807) is 42.5 Å². The maximum atomic E-state index is 13.4. The van der Waals surface area contributed by atoms with Crippen LogP contribution < -0.4 is 5.32 Å². The molecule has 4 rings (SSSR count). The van der Waals surface area contributed by atoms with E-state index in [0.29, 0.717) is 40.5 Å². The number of aryl methyl sites for hydroxylation is 1. The number of hydrogen-bond donors (Lipinski definition) is 1. The highest BCUT2D eigenvalue weighted by Crippen LogP contribution is 2.36. The third kappa shape index (κ3) is 3.94. The molecule has 1 amide bonds. The predicted octanol–water partition coefficient (Wildman–Crippen LogP) is 5.98. The van der Waals surface area contributed by atoms with Gasteiger partial charge in [-0.05, 0) is 74.6 Å². The molecule has 0 unspecified atom stereocenters. The van der Waals surface area contributed by atoms with Gasteiger partial charge in [0.05, 0.1) is 5.69 Å². The monoisotopic (exact) mass is 433 g/mol. The average Bonchev–Trinajstić information content (AvgIpc) is 3.11. The minimum absolute atomic E-state index is 0.284. The van der Waals surface area contributed by atoms with Gasteiger partial charge in [-0.3, -0.25) is 4.79 Å². The second-order valence-electron chi connectivity index (χ2n) is 7.35. The summed E-state index contributed by atoms with van der Waals surface area (Å²) in [6, 6.07) is 11.6. The van der Waals surface area contributed by atoms with Gasteiger partial charge >= 0.3 is 6.18 Å². The predicted molar refractivity (Wildman–Crippen MR) is 109 cm³/mol. The Labute approximate surface area is 176 Å². The number of amides is 1. The number of fused-ring (bicyclic) bond motifs is 1. The largest absolute Gasteiger partial charge is 0.435 e. The van der Waals surface area contributed by atoms with Gasteiger partial charge in [0, 0.05) is 27.5 Å². The highest BCUT2D eigenvalue weighted by atomic mass is 35.5. The molecule has 2 aromatic carbocycles. The molecular formula is C22H19ClF3N3O. The zero-order valence-electron chi connectivity index (χ0n) is 16.2. The van der Waals surface area contributed by atoms with Gasteiger partial charge in [-0.15, -0.1) is 0 Å². The van der Waals surface area contributed by atoms with E-state index in [2.05, 4.69) is 10.4 Å². The number of halogens is 4. The molecule has 156 valence electrons. The van der Waals surface area contributed by atoms with Crippen LogP contribution in [-0.2, 0) is 19.0 Å². The zero-order valence-corrected chi connectivity index (χ0v) is 16.9. The fraction of sp³-hybridized carbons (Fsp3) is 0.273. The number of aromatic nitrogens is 2. The van der Waals surface area contributed by atoms with E-state index >= 15 is 0 Å². The fourth-order valence-corrected chi connectivity index (χ4v) is 3.89. The van der Waals surface area contributed by atoms with E-state index in [4.69, 9.17) is 11.6 Å². The molecule has 1 aliphatic carbocycles. The van der Waals surface area contributed by atoms with E-state index < -0.39 is 11.9 Å². The van der Waals surface area contributed by atoms with Crippen molar-refractivity contribution in [1.82, 2.24) is 9.78 Å². The summed E-state index contributed by atoms with van der Waals surface area (Å²) < 4.78 is 41.6. The third-order valence-electron chi connectivity index (χ3n) is 5.27. The van der Waals surface area contributed by atoms with E-state index in [0.717, 1.165) is 18.4 Å². The lowest BCUT2D eigenvalue weighted by Gasteiger charge is -2.15. The molecule has 1 N–H and O–H groups in total. The Morgan fingerprint density at radius 1 is 1.10 bits per heavy atom. The van der Waals surface area contributed by atoms with Crippen LogP contribution in [0.25, 0.3) is 5.69 Å². The highest BCUT2D eigenvalue weighted by Gasteiger charge is 2.39. The van der Waals surface area contributed by atoms with Gasteiger partial charge in [-0.25, -0.2) is 4.68 Å². The van der Waals surface area contributed by atoms with Gasteiger partial charge in [0.25, 0.3) is 5.91 Å². The van der Waals surface area contributed by atoms with Gasteiger partial charge in [0.2, 0.25) is 0 Å². The van der Waals surface area contributed by atoms with Gasteiger partial charge in [-0.1, -0.05) is 17.7 Å². The van der Waals surface area contributed by atoms with Gasteiger partial charge in [0.15, 0.2) is 5.69 Å². The summed E-state index contributed by atoms with van der Waals surface area (Å²) in [5.74, 6) is -0.328. The summed E-state index contributed by atoms with van der Waals surface area (Å²) >= 11 is 5.99. The molecule has 0 fully saturated rings. The van der Waals surface area contributed by atoms with E-state index in [9.17, 15) is 18.0 Å². The van der Waals surface area contributed by atoms with Gasteiger partial charge in [-0.2, -0.15) is 18.3 Å². The van der Waals surface area contributed by atoms with E-state index in [1.165, 1.54) is 4.68 Å². The molecule has 0 atom stereocenters. The second-order valence-corrected chi connectivity index (χ2v) is 7.79. The Balaban J connectivity index is 1.62. The number of nitrogens with zero attached hydrogens (tertiary/aromatic N) is 2. The van der Waals surface area contributed by atoms with Crippen LogP contribution in [0.5, 0.6) is 0 Å². The number of anilines is 1. The molecule has 0 spiro atoms. The smallest absolute Gasteiger partial charge is 0.322 e. The molecule has 0 saturated heterocycles. The summed E-state index contributed by atoms with van der Waals surface area (Å²) in [6.07, 6.45) is -2.00. The first-order valence-electron chi connectivity index (χ1n) is 9.60. The minimum atomic E-state index is -4.48. The van der Waals surface area contributed by atoms with Gasteiger partial charge in [0.1, 0.15) is 0 Å². The lowest BCUT2D eigenvalue weighted by molar-refractivity contribution is -0.142. The Bertz CT molecular complexity index is 1100. The van der Waals surface area contributed by atoms with Crippen molar-refractivity contribution in [3.8, 4) is 5.69 Å². The van der Waals surface area contributed by atoms with Gasteiger partial charge < -0.3 is 5.32 Å². The van der Waals surface area contributed by atoms with Crippen molar-refractivity contribution in [3.05, 3.63) is 75.6 Å². The van der Waals surface area contributed by atoms with Crippen LogP contribution >= 0.6 is 11.6 Å². The summed E-state index contributed by atoms with van der Waals surface area (Å²) in [5.41, 5.74) is 2.43. The summed E-state index contributed by atoms with van der Waals surface area (Å²) in [6.45, 7) is 1.86. The van der Waals surface area contributed by atoms with Crippen LogP contribution in [0, 0.1) is 6.92 Å². The van der Waals surface area contributed by atoms with Crippen molar-refractivity contribution < 1.29 is 18.0 Å². The van der Waals surface area contributed by atoms with Crippen molar-refractivity contribution in [3.63, 3.8) is 0 Å². The average molecular weight is 434 g/mol. The Kier molecular flexibility index (Phi) is 5.32. The maximum absolute atomic E-state index is 13.4. The highest BCUT2D eigenvalue weighted by molar-refractivity contribution is 6.31. The minimum Gasteiger partial charge on any atom is -0.322 e. The molecule has 3 aromatic rings. The number of alkyl halides is 3. The van der Waals surface area contributed by atoms with Crippen molar-refractivity contribution in [2.45, 2.75) is 38.8 Å². The van der Waals surface area contributed by atoms with E-state index in [1.807, 2.05) is 6.92 Å². The second kappa shape index (κ2) is 7.80. The maximum Gasteiger partial charge on any atom is 0.435 e. The number of hydrogen-bond acceptors (Lipinski definition) is 2. The number of nitrogens with one attached hydrogen (secondary N) is 1. The molecule has 0 bridgehead atoms. The number of carbonyl (C=O) groups excluding carboxylic acids is 1. The quantitative estimate of drug-likeness (QED) is 0.552. The summed E-state index contributed by atoms with van der Waals surface area (Å²) in [4.78, 5) is 12.6. The molecule has 0 saturated carbocycles. The Morgan fingerprint density at radius 3 is 2.50 bits per heavy atom. The molecule has 1 aromatic heterocycles. The third-order valence-corrected chi connectivity index (χ3v) is 5.51. The van der Waals surface area contributed by atoms with Crippen LogP contribution in [0.3, 0.4) is 0 Å². The molecule has 0 radical (unpaired) electrons. The van der Waals surface area contributed by atoms with Crippen molar-refractivity contribution in [2.24, 2.45) is 0 Å². The fourth-order valence-electron chi connectivity index (χ4n) is 3.72. The molecule has 0 aliphatic heterocycles. The Morgan fingerprint density at radius 2 is 1.80 bits per heavy atom. The Hall–Kier alpha value is -2.80. The van der Waals surface area contributed by atoms with Crippen LogP contribution in [-0.4, -0.2) is 15.7 Å². The SMILES string of the molecule is Cc1ccc(Cl)cc1NC(=O)c1ccc(-n2nc(C(F)(F)F)c3c2CCCC3)cc1. The first-order chi connectivity index (χ1) is 14.2. The molecule has 8 heteroatoms. The first kappa shape index (κ1) is 20.5. The number of carbonyl (C=O) groups is 1. The van der Waals surface area contributed by atoms with E-state index in [-0.39, 0.29) is 11.5 Å². The van der Waals surface area contributed by atoms with Crippen molar-refractivity contribution >= 4 is 23.2 Å². The first-order valence-corrected chi connectivity index (χ1v) is 9.98. The molecule has 1 heterocycles. The topological polar surface area (TPSA) is 46.9 Å². The summed E-state index contributed by atoms with van der Waals surface area (Å²) in [5, 5.41) is 7.19. The molecule has 30 heavy (non-hydrogen) atoms. The molecule has 1 aliphatic rings. The van der Waals surface area contributed by atoms with Crippen LogP contribution in [0.15, 0.2) is 42.5 Å². The zero-order chi connectivity index (χ0) is 21.5. The van der Waals surface area contributed by atoms with Crippen LogP contribution in [0.1, 0.15) is 45.7 Å².